The molecule has 1 heterocycles. The van der Waals surface area contributed by atoms with Gasteiger partial charge in [-0.3, -0.25) is 0 Å². The molecule has 0 aliphatic carbocycles. The van der Waals surface area contributed by atoms with Crippen LogP contribution in [0.2, 0.25) is 0 Å². The molecule has 0 bridgehead atoms. The highest BCUT2D eigenvalue weighted by Gasteiger charge is 2.04. The van der Waals surface area contributed by atoms with Gasteiger partial charge >= 0.3 is 0 Å². The van der Waals surface area contributed by atoms with E-state index in [4.69, 9.17) is 0 Å². The SMILES string of the molecule is CCCCCNc1cc(Nc2ccc(C)cc2C)nc(C)n1. The Labute approximate surface area is 133 Å². The molecule has 1 aromatic carbocycles. The van der Waals surface area contributed by atoms with Gasteiger partial charge in [-0.2, -0.15) is 0 Å². The van der Waals surface area contributed by atoms with Crippen molar-refractivity contribution >= 4 is 17.3 Å². The lowest BCUT2D eigenvalue weighted by atomic mass is 10.1. The van der Waals surface area contributed by atoms with Gasteiger partial charge in [-0.05, 0) is 38.8 Å². The summed E-state index contributed by atoms with van der Waals surface area (Å²) >= 11 is 0. The minimum Gasteiger partial charge on any atom is -0.370 e. The van der Waals surface area contributed by atoms with E-state index in [-0.39, 0.29) is 0 Å². The third-order valence-corrected chi connectivity index (χ3v) is 3.57. The van der Waals surface area contributed by atoms with Gasteiger partial charge < -0.3 is 10.6 Å². The fraction of sp³-hybridized carbons (Fsp3) is 0.444. The standard InChI is InChI=1S/C18H26N4/c1-5-6-7-10-19-17-12-18(21-15(4)20-17)22-16-9-8-13(2)11-14(16)3/h8-9,11-12H,5-7,10H2,1-4H3,(H2,19,20,21,22). The van der Waals surface area contributed by atoms with Crippen LogP contribution in [0.5, 0.6) is 0 Å². The number of aromatic nitrogens is 2. The summed E-state index contributed by atoms with van der Waals surface area (Å²) in [4.78, 5) is 8.92. The lowest BCUT2D eigenvalue weighted by Crippen LogP contribution is -2.06. The zero-order chi connectivity index (χ0) is 15.9. The first kappa shape index (κ1) is 16.3. The maximum Gasteiger partial charge on any atom is 0.136 e. The summed E-state index contributed by atoms with van der Waals surface area (Å²) in [6, 6.07) is 8.34. The lowest BCUT2D eigenvalue weighted by Gasteiger charge is -2.12. The van der Waals surface area contributed by atoms with Crippen molar-refractivity contribution in [2.75, 3.05) is 17.2 Å². The molecule has 2 N–H and O–H groups in total. The van der Waals surface area contributed by atoms with Crippen molar-refractivity contribution in [2.45, 2.75) is 47.0 Å². The number of unbranched alkanes of at least 4 members (excludes halogenated alkanes) is 2. The highest BCUT2D eigenvalue weighted by atomic mass is 15.1. The molecule has 2 rings (SSSR count). The zero-order valence-corrected chi connectivity index (χ0v) is 14.0. The Balaban J connectivity index is 2.08. The largest absolute Gasteiger partial charge is 0.370 e. The molecule has 4 nitrogen and oxygen atoms in total. The molecular formula is C18H26N4. The van der Waals surface area contributed by atoms with Crippen molar-refractivity contribution in [3.05, 3.63) is 41.2 Å². The Morgan fingerprint density at radius 2 is 1.73 bits per heavy atom. The third kappa shape index (κ3) is 4.72. The Hall–Kier alpha value is -2.10. The minimum absolute atomic E-state index is 0.771. The molecule has 0 saturated heterocycles. The molecule has 0 atom stereocenters. The van der Waals surface area contributed by atoms with Crippen LogP contribution in [0.3, 0.4) is 0 Å². The molecule has 0 aliphatic rings. The third-order valence-electron chi connectivity index (χ3n) is 3.57. The van der Waals surface area contributed by atoms with Crippen LogP contribution in [-0.2, 0) is 0 Å². The van der Waals surface area contributed by atoms with E-state index in [0.717, 1.165) is 29.7 Å². The molecule has 0 aliphatic heterocycles. The summed E-state index contributed by atoms with van der Waals surface area (Å²) in [6.07, 6.45) is 3.63. The van der Waals surface area contributed by atoms with Crippen LogP contribution in [0.25, 0.3) is 0 Å². The molecule has 0 amide bonds. The van der Waals surface area contributed by atoms with Crippen LogP contribution in [0.1, 0.15) is 43.1 Å². The van der Waals surface area contributed by atoms with Crippen LogP contribution >= 0.6 is 0 Å². The number of benzene rings is 1. The van der Waals surface area contributed by atoms with E-state index in [1.165, 1.54) is 30.4 Å². The molecule has 0 radical (unpaired) electrons. The topological polar surface area (TPSA) is 49.8 Å². The Morgan fingerprint density at radius 1 is 0.955 bits per heavy atom. The summed E-state index contributed by atoms with van der Waals surface area (Å²) in [5.74, 6) is 2.49. The first-order valence-corrected chi connectivity index (χ1v) is 8.02. The van der Waals surface area contributed by atoms with Crippen molar-refractivity contribution in [3.8, 4) is 0 Å². The van der Waals surface area contributed by atoms with Crippen LogP contribution in [-0.4, -0.2) is 16.5 Å². The number of nitrogens with zero attached hydrogens (tertiary/aromatic N) is 2. The van der Waals surface area contributed by atoms with E-state index in [0.29, 0.717) is 0 Å². The predicted molar refractivity (Wildman–Crippen MR) is 94.0 cm³/mol. The van der Waals surface area contributed by atoms with Crippen LogP contribution in [0.4, 0.5) is 17.3 Å². The van der Waals surface area contributed by atoms with Crippen molar-refractivity contribution in [1.29, 1.82) is 0 Å². The van der Waals surface area contributed by atoms with Gasteiger partial charge in [0.05, 0.1) is 0 Å². The van der Waals surface area contributed by atoms with Gasteiger partial charge in [0, 0.05) is 18.3 Å². The fourth-order valence-corrected chi connectivity index (χ4v) is 2.41. The molecule has 2 aromatic rings. The average molecular weight is 298 g/mol. The Kier molecular flexibility index (Phi) is 5.75. The quantitative estimate of drug-likeness (QED) is 0.724. The summed E-state index contributed by atoms with van der Waals surface area (Å²) < 4.78 is 0. The van der Waals surface area contributed by atoms with Gasteiger partial charge in [0.15, 0.2) is 0 Å². The zero-order valence-electron chi connectivity index (χ0n) is 14.0. The molecule has 4 heteroatoms. The molecule has 0 spiro atoms. The van der Waals surface area contributed by atoms with E-state index in [9.17, 15) is 0 Å². The maximum absolute atomic E-state index is 4.47. The van der Waals surface area contributed by atoms with Crippen molar-refractivity contribution in [2.24, 2.45) is 0 Å². The second kappa shape index (κ2) is 7.78. The molecule has 0 saturated carbocycles. The van der Waals surface area contributed by atoms with Crippen molar-refractivity contribution in [1.82, 2.24) is 9.97 Å². The Morgan fingerprint density at radius 3 is 2.45 bits per heavy atom. The highest BCUT2D eigenvalue weighted by Crippen LogP contribution is 2.21. The smallest absolute Gasteiger partial charge is 0.136 e. The number of rotatable bonds is 7. The van der Waals surface area contributed by atoms with E-state index >= 15 is 0 Å². The summed E-state index contributed by atoms with van der Waals surface area (Å²) in [7, 11) is 0. The number of hydrogen-bond acceptors (Lipinski definition) is 4. The van der Waals surface area contributed by atoms with Gasteiger partial charge in [0.2, 0.25) is 0 Å². The predicted octanol–water partition coefficient (Wildman–Crippen LogP) is 4.75. The van der Waals surface area contributed by atoms with Crippen molar-refractivity contribution < 1.29 is 0 Å². The van der Waals surface area contributed by atoms with Crippen LogP contribution in [0, 0.1) is 20.8 Å². The first-order valence-electron chi connectivity index (χ1n) is 8.02. The van der Waals surface area contributed by atoms with E-state index in [2.05, 4.69) is 59.6 Å². The van der Waals surface area contributed by atoms with Gasteiger partial charge in [-0.15, -0.1) is 0 Å². The molecular weight excluding hydrogens is 272 g/mol. The first-order chi connectivity index (χ1) is 10.6. The van der Waals surface area contributed by atoms with Crippen LogP contribution < -0.4 is 10.6 Å². The van der Waals surface area contributed by atoms with Gasteiger partial charge in [-0.25, -0.2) is 9.97 Å². The number of nitrogens with one attached hydrogen (secondary N) is 2. The summed E-state index contributed by atoms with van der Waals surface area (Å²) in [5.41, 5.74) is 3.56. The van der Waals surface area contributed by atoms with Crippen molar-refractivity contribution in [3.63, 3.8) is 0 Å². The summed E-state index contributed by atoms with van der Waals surface area (Å²) in [5, 5.41) is 6.77. The Bertz CT molecular complexity index is 622. The van der Waals surface area contributed by atoms with E-state index in [1.807, 2.05) is 13.0 Å². The molecule has 1 aromatic heterocycles. The second-order valence-corrected chi connectivity index (χ2v) is 5.76. The number of aryl methyl sites for hydroxylation is 3. The highest BCUT2D eigenvalue weighted by molar-refractivity contribution is 5.62. The lowest BCUT2D eigenvalue weighted by molar-refractivity contribution is 0.742. The average Bonchev–Trinajstić information content (AvgIpc) is 2.46. The molecule has 118 valence electrons. The van der Waals surface area contributed by atoms with Gasteiger partial charge in [0.1, 0.15) is 17.5 Å². The number of anilines is 3. The second-order valence-electron chi connectivity index (χ2n) is 5.76. The minimum atomic E-state index is 0.771. The van der Waals surface area contributed by atoms with Gasteiger partial charge in [0.25, 0.3) is 0 Å². The van der Waals surface area contributed by atoms with Gasteiger partial charge in [-0.1, -0.05) is 37.5 Å². The normalized spacial score (nSPS) is 10.5. The summed E-state index contributed by atoms with van der Waals surface area (Å²) in [6.45, 7) is 9.29. The fourth-order valence-electron chi connectivity index (χ4n) is 2.41. The maximum atomic E-state index is 4.47. The molecule has 0 unspecified atom stereocenters. The van der Waals surface area contributed by atoms with E-state index < -0.39 is 0 Å². The van der Waals surface area contributed by atoms with Crippen LogP contribution in [0.15, 0.2) is 24.3 Å². The monoisotopic (exact) mass is 298 g/mol. The van der Waals surface area contributed by atoms with E-state index in [1.54, 1.807) is 0 Å². The molecule has 22 heavy (non-hydrogen) atoms. The number of hydrogen-bond donors (Lipinski definition) is 2. The molecule has 0 fully saturated rings.